The number of rotatable bonds is 4. The molecule has 2 aromatic carbocycles. The molecule has 0 bridgehead atoms. The van der Waals surface area contributed by atoms with Crippen LogP contribution in [0, 0.1) is 0 Å². The number of nitrogens with one attached hydrogen (secondary N) is 1. The van der Waals surface area contributed by atoms with Gasteiger partial charge in [-0.05, 0) is 24.3 Å². The van der Waals surface area contributed by atoms with Crippen molar-refractivity contribution in [1.82, 2.24) is 9.55 Å². The minimum absolute atomic E-state index is 0.403. The quantitative estimate of drug-likeness (QED) is 0.796. The van der Waals surface area contributed by atoms with Crippen molar-refractivity contribution >= 4 is 22.8 Å². The van der Waals surface area contributed by atoms with Gasteiger partial charge in [0.1, 0.15) is 5.75 Å². The van der Waals surface area contributed by atoms with E-state index in [0.29, 0.717) is 22.9 Å². The van der Waals surface area contributed by atoms with Gasteiger partial charge in [0.05, 0.1) is 37.3 Å². The second-order valence-corrected chi connectivity index (χ2v) is 5.06. The van der Waals surface area contributed by atoms with Crippen molar-refractivity contribution in [2.45, 2.75) is 0 Å². The Morgan fingerprint density at radius 1 is 1.17 bits per heavy atom. The summed E-state index contributed by atoms with van der Waals surface area (Å²) in [6.45, 7) is 0. The van der Waals surface area contributed by atoms with Gasteiger partial charge in [0.2, 0.25) is 0 Å². The third-order valence-corrected chi connectivity index (χ3v) is 3.55. The van der Waals surface area contributed by atoms with Crippen LogP contribution in [0.2, 0.25) is 0 Å². The summed E-state index contributed by atoms with van der Waals surface area (Å²) in [5.41, 5.74) is 2.17. The van der Waals surface area contributed by atoms with Crippen molar-refractivity contribution < 1.29 is 19.0 Å². The molecule has 1 amide bonds. The molecule has 1 N–H and O–H groups in total. The maximum Gasteiger partial charge on any atom is 0.417 e. The number of anilines is 1. The molecule has 3 rings (SSSR count). The van der Waals surface area contributed by atoms with Crippen molar-refractivity contribution in [2.24, 2.45) is 7.05 Å². The van der Waals surface area contributed by atoms with Crippen LogP contribution in [0.1, 0.15) is 0 Å². The van der Waals surface area contributed by atoms with Crippen LogP contribution < -0.4 is 19.5 Å². The zero-order valence-electron chi connectivity index (χ0n) is 13.6. The van der Waals surface area contributed by atoms with E-state index in [9.17, 15) is 4.79 Å². The molecule has 0 fully saturated rings. The van der Waals surface area contributed by atoms with E-state index in [2.05, 4.69) is 10.3 Å². The van der Waals surface area contributed by atoms with Crippen LogP contribution in [0.4, 0.5) is 10.5 Å². The highest BCUT2D eigenvalue weighted by Gasteiger charge is 2.14. The van der Waals surface area contributed by atoms with Gasteiger partial charge in [-0.15, -0.1) is 0 Å². The summed E-state index contributed by atoms with van der Waals surface area (Å²) in [6.07, 6.45) is 1.08. The smallest absolute Gasteiger partial charge is 0.417 e. The molecule has 0 aliphatic rings. The predicted octanol–water partition coefficient (Wildman–Crippen LogP) is 3.20. The van der Waals surface area contributed by atoms with Crippen LogP contribution in [0.15, 0.2) is 42.7 Å². The predicted molar refractivity (Wildman–Crippen MR) is 89.9 cm³/mol. The van der Waals surface area contributed by atoms with Gasteiger partial charge >= 0.3 is 6.09 Å². The Hall–Kier alpha value is -3.22. The first kappa shape index (κ1) is 15.7. The molecule has 3 aromatic rings. The molecule has 7 nitrogen and oxygen atoms in total. The summed E-state index contributed by atoms with van der Waals surface area (Å²) in [4.78, 5) is 16.4. The fourth-order valence-electron chi connectivity index (χ4n) is 2.41. The van der Waals surface area contributed by atoms with E-state index in [-0.39, 0.29) is 0 Å². The molecule has 0 saturated heterocycles. The lowest BCUT2D eigenvalue weighted by atomic mass is 10.2. The largest absolute Gasteiger partial charge is 0.493 e. The first-order valence-electron chi connectivity index (χ1n) is 7.23. The second kappa shape index (κ2) is 6.49. The van der Waals surface area contributed by atoms with Gasteiger partial charge in [-0.25, -0.2) is 9.78 Å². The first-order chi connectivity index (χ1) is 11.6. The number of amides is 1. The molecule has 0 saturated carbocycles. The number of para-hydroxylation sites is 1. The lowest BCUT2D eigenvalue weighted by Gasteiger charge is -2.13. The van der Waals surface area contributed by atoms with Gasteiger partial charge < -0.3 is 18.8 Å². The molecule has 24 heavy (non-hydrogen) atoms. The number of ether oxygens (including phenoxy) is 3. The second-order valence-electron chi connectivity index (χ2n) is 5.06. The van der Waals surface area contributed by atoms with Gasteiger partial charge in [0.25, 0.3) is 0 Å². The number of aromatic nitrogens is 2. The summed E-state index contributed by atoms with van der Waals surface area (Å²) >= 11 is 0. The SMILES string of the molecule is COc1cccc(NC(=O)Oc2ccc3c(c2)ncn3C)c1OC. The molecule has 0 aliphatic carbocycles. The van der Waals surface area contributed by atoms with Crippen molar-refractivity contribution in [2.75, 3.05) is 19.5 Å². The monoisotopic (exact) mass is 327 g/mol. The normalized spacial score (nSPS) is 10.5. The zero-order valence-corrected chi connectivity index (χ0v) is 13.6. The van der Waals surface area contributed by atoms with Gasteiger partial charge in [0.15, 0.2) is 11.5 Å². The highest BCUT2D eigenvalue weighted by Crippen LogP contribution is 2.34. The van der Waals surface area contributed by atoms with Crippen LogP contribution >= 0.6 is 0 Å². The maximum atomic E-state index is 12.1. The Morgan fingerprint density at radius 2 is 2.00 bits per heavy atom. The number of hydrogen-bond donors (Lipinski definition) is 1. The molecule has 124 valence electrons. The van der Waals surface area contributed by atoms with Crippen LogP contribution in [0.25, 0.3) is 11.0 Å². The molecule has 0 aliphatic heterocycles. The molecule has 0 radical (unpaired) electrons. The molecular weight excluding hydrogens is 310 g/mol. The Labute approximate surface area is 138 Å². The lowest BCUT2D eigenvalue weighted by molar-refractivity contribution is 0.215. The number of carbonyl (C=O) groups is 1. The van der Waals surface area contributed by atoms with E-state index < -0.39 is 6.09 Å². The molecule has 0 spiro atoms. The Kier molecular flexibility index (Phi) is 4.24. The number of aryl methyl sites for hydroxylation is 1. The van der Waals surface area contributed by atoms with Crippen molar-refractivity contribution in [3.63, 3.8) is 0 Å². The minimum Gasteiger partial charge on any atom is -0.493 e. The number of fused-ring (bicyclic) bond motifs is 1. The summed E-state index contributed by atoms with van der Waals surface area (Å²) in [5.74, 6) is 1.35. The summed E-state index contributed by atoms with van der Waals surface area (Å²) < 4.78 is 17.7. The molecule has 0 atom stereocenters. The standard InChI is InChI=1S/C17H17N3O4/c1-20-10-18-13-9-11(7-8-14(13)20)24-17(21)19-12-5-4-6-15(22-2)16(12)23-3/h4-10H,1-3H3,(H,19,21). The lowest BCUT2D eigenvalue weighted by Crippen LogP contribution is -2.17. The Balaban J connectivity index is 1.77. The highest BCUT2D eigenvalue weighted by atomic mass is 16.6. The third kappa shape index (κ3) is 2.96. The Bertz CT molecular complexity index is 889. The Morgan fingerprint density at radius 3 is 2.75 bits per heavy atom. The molecule has 7 heteroatoms. The number of nitrogens with zero attached hydrogens (tertiary/aromatic N) is 2. The topological polar surface area (TPSA) is 74.6 Å². The zero-order chi connectivity index (χ0) is 17.1. The van der Waals surface area contributed by atoms with Crippen LogP contribution in [-0.4, -0.2) is 29.9 Å². The summed E-state index contributed by atoms with van der Waals surface area (Å²) in [5, 5.41) is 2.65. The van der Waals surface area contributed by atoms with Crippen LogP contribution in [0.5, 0.6) is 17.2 Å². The van der Waals surface area contributed by atoms with E-state index in [1.807, 2.05) is 17.7 Å². The molecular formula is C17H17N3O4. The van der Waals surface area contributed by atoms with E-state index in [1.54, 1.807) is 36.7 Å². The third-order valence-electron chi connectivity index (χ3n) is 3.55. The molecule has 1 heterocycles. The fourth-order valence-corrected chi connectivity index (χ4v) is 2.41. The van der Waals surface area contributed by atoms with Crippen molar-refractivity contribution in [1.29, 1.82) is 0 Å². The number of methoxy groups -OCH3 is 2. The van der Waals surface area contributed by atoms with Gasteiger partial charge in [0, 0.05) is 13.1 Å². The van der Waals surface area contributed by atoms with E-state index in [4.69, 9.17) is 14.2 Å². The minimum atomic E-state index is -0.628. The van der Waals surface area contributed by atoms with Gasteiger partial charge in [-0.1, -0.05) is 6.07 Å². The van der Waals surface area contributed by atoms with E-state index in [0.717, 1.165) is 11.0 Å². The molecule has 1 aromatic heterocycles. The van der Waals surface area contributed by atoms with Crippen LogP contribution in [-0.2, 0) is 7.05 Å². The van der Waals surface area contributed by atoms with Gasteiger partial charge in [-0.2, -0.15) is 0 Å². The highest BCUT2D eigenvalue weighted by molar-refractivity contribution is 5.89. The van der Waals surface area contributed by atoms with Crippen molar-refractivity contribution in [3.05, 3.63) is 42.7 Å². The van der Waals surface area contributed by atoms with Crippen LogP contribution in [0.3, 0.4) is 0 Å². The average Bonchev–Trinajstić information content (AvgIpc) is 2.95. The van der Waals surface area contributed by atoms with E-state index >= 15 is 0 Å². The summed E-state index contributed by atoms with van der Waals surface area (Å²) in [6, 6.07) is 10.5. The van der Waals surface area contributed by atoms with Crippen molar-refractivity contribution in [3.8, 4) is 17.2 Å². The maximum absolute atomic E-state index is 12.1. The number of carbonyl (C=O) groups excluding carboxylic acids is 1. The molecule has 0 unspecified atom stereocenters. The van der Waals surface area contributed by atoms with E-state index in [1.165, 1.54) is 14.2 Å². The number of imidazole rings is 1. The average molecular weight is 327 g/mol. The van der Waals surface area contributed by atoms with Gasteiger partial charge in [-0.3, -0.25) is 5.32 Å². The number of benzene rings is 2. The summed E-state index contributed by atoms with van der Waals surface area (Å²) in [7, 11) is 4.93. The number of hydrogen-bond acceptors (Lipinski definition) is 5. The first-order valence-corrected chi connectivity index (χ1v) is 7.23. The fraction of sp³-hybridized carbons (Fsp3) is 0.176.